The van der Waals surface area contributed by atoms with Crippen molar-refractivity contribution in [2.45, 2.75) is 45.8 Å². The molecule has 1 N–H and O–H groups in total. The Morgan fingerprint density at radius 1 is 1.02 bits per heavy atom. The predicted octanol–water partition coefficient (Wildman–Crippen LogP) is 4.84. The number of carbonyl (C=O) groups excluding carboxylic acids is 3. The minimum absolute atomic E-state index is 0.0870. The molecule has 3 aromatic rings. The molecule has 1 aliphatic rings. The van der Waals surface area contributed by atoms with Gasteiger partial charge in [0.1, 0.15) is 6.10 Å². The van der Waals surface area contributed by atoms with Crippen molar-refractivity contribution in [3.8, 4) is 23.3 Å². The highest BCUT2D eigenvalue weighted by molar-refractivity contribution is 5.95. The Labute approximate surface area is 255 Å². The number of benzene rings is 3. The molecule has 1 heterocycles. The summed E-state index contributed by atoms with van der Waals surface area (Å²) < 4.78 is 16.1. The van der Waals surface area contributed by atoms with Crippen LogP contribution in [-0.2, 0) is 25.7 Å². The molecule has 0 bridgehead atoms. The van der Waals surface area contributed by atoms with Crippen LogP contribution in [0.25, 0.3) is 0 Å². The van der Waals surface area contributed by atoms with E-state index in [1.54, 1.807) is 4.90 Å². The van der Waals surface area contributed by atoms with E-state index in [0.29, 0.717) is 13.0 Å². The number of nitrogens with one attached hydrogen (secondary N) is 1. The number of esters is 1. The van der Waals surface area contributed by atoms with Gasteiger partial charge in [0.15, 0.2) is 11.5 Å². The van der Waals surface area contributed by atoms with Crippen molar-refractivity contribution in [3.05, 3.63) is 93.0 Å². The Morgan fingerprint density at radius 3 is 2.45 bits per heavy atom. The Bertz CT molecular complexity index is 1620. The maximum absolute atomic E-state index is 13.3. The zero-order valence-corrected chi connectivity index (χ0v) is 24.8. The van der Waals surface area contributed by atoms with E-state index in [1.165, 1.54) is 33.1 Å². The van der Waals surface area contributed by atoms with Gasteiger partial charge in [0, 0.05) is 37.4 Å². The number of nitrogens with zero attached hydrogens (tertiary/aromatic N) is 2. The normalized spacial score (nSPS) is 12.2. The fourth-order valence-corrected chi connectivity index (χ4v) is 4.79. The van der Waals surface area contributed by atoms with Gasteiger partial charge < -0.3 is 24.4 Å². The fraction of sp³-hybridized carbons (Fsp3) is 0.303. The fourth-order valence-electron chi connectivity index (χ4n) is 4.79. The standard InChI is InChI=1S/C33H33N3O8/c1-22(44-23(2)37)27-19-30(42-3)31(20-29(27)36(40)41)43-18-8-13-32(38)34-17-16-33(39)35-21-26-11-5-4-9-24(26)14-15-25-10-6-7-12-28(25)35/h4-7,9-12,19-20,22H,8,13,16-18,21H2,1-3H3,(H,34,38). The average Bonchev–Trinajstić information content (AvgIpc) is 2.99. The first-order valence-electron chi connectivity index (χ1n) is 14.1. The molecule has 1 atom stereocenters. The number of anilines is 1. The molecule has 44 heavy (non-hydrogen) atoms. The smallest absolute Gasteiger partial charge is 0.303 e. The van der Waals surface area contributed by atoms with Crippen molar-refractivity contribution in [2.24, 2.45) is 0 Å². The first kappa shape index (κ1) is 31.6. The highest BCUT2D eigenvalue weighted by Gasteiger charge is 2.26. The molecular weight excluding hydrogens is 566 g/mol. The van der Waals surface area contributed by atoms with E-state index in [0.717, 1.165) is 22.4 Å². The number of methoxy groups -OCH3 is 1. The number of nitro groups is 1. The van der Waals surface area contributed by atoms with E-state index in [-0.39, 0.29) is 60.6 Å². The molecule has 0 aromatic heterocycles. The molecule has 0 saturated carbocycles. The number of nitro benzene ring substituents is 1. The maximum atomic E-state index is 13.3. The van der Waals surface area contributed by atoms with Crippen LogP contribution in [0.3, 0.4) is 0 Å². The van der Waals surface area contributed by atoms with Gasteiger partial charge in [-0.2, -0.15) is 0 Å². The van der Waals surface area contributed by atoms with Crippen LogP contribution in [0.4, 0.5) is 11.4 Å². The molecule has 3 aromatic carbocycles. The molecule has 11 nitrogen and oxygen atoms in total. The van der Waals surface area contributed by atoms with Gasteiger partial charge in [-0.05, 0) is 43.2 Å². The van der Waals surface area contributed by atoms with Crippen LogP contribution in [0.15, 0.2) is 60.7 Å². The third-order valence-electron chi connectivity index (χ3n) is 6.93. The van der Waals surface area contributed by atoms with E-state index in [2.05, 4.69) is 17.2 Å². The van der Waals surface area contributed by atoms with Crippen LogP contribution in [-0.4, -0.2) is 43.0 Å². The highest BCUT2D eigenvalue weighted by atomic mass is 16.6. The highest BCUT2D eigenvalue weighted by Crippen LogP contribution is 2.38. The summed E-state index contributed by atoms with van der Waals surface area (Å²) in [4.78, 5) is 49.9. The number of rotatable bonds is 12. The largest absolute Gasteiger partial charge is 0.493 e. The minimum Gasteiger partial charge on any atom is -0.493 e. The van der Waals surface area contributed by atoms with Gasteiger partial charge in [-0.25, -0.2) is 0 Å². The summed E-state index contributed by atoms with van der Waals surface area (Å²) in [5, 5.41) is 14.4. The van der Waals surface area contributed by atoms with Crippen LogP contribution in [0.5, 0.6) is 11.5 Å². The zero-order chi connectivity index (χ0) is 31.6. The predicted molar refractivity (Wildman–Crippen MR) is 162 cm³/mol. The number of fused-ring (bicyclic) bond motifs is 2. The lowest BCUT2D eigenvalue weighted by molar-refractivity contribution is -0.386. The van der Waals surface area contributed by atoms with Gasteiger partial charge in [0.2, 0.25) is 11.8 Å². The first-order chi connectivity index (χ1) is 21.2. The molecule has 0 saturated heterocycles. The van der Waals surface area contributed by atoms with E-state index in [4.69, 9.17) is 14.2 Å². The molecule has 0 aliphatic carbocycles. The molecular formula is C33H33N3O8. The second-order valence-electron chi connectivity index (χ2n) is 10.0. The quantitative estimate of drug-likeness (QED) is 0.103. The van der Waals surface area contributed by atoms with Crippen molar-refractivity contribution >= 4 is 29.2 Å². The monoisotopic (exact) mass is 599 g/mol. The Balaban J connectivity index is 1.30. The summed E-state index contributed by atoms with van der Waals surface area (Å²) in [6.45, 7) is 3.36. The van der Waals surface area contributed by atoms with Gasteiger partial charge in [0.05, 0.1) is 42.5 Å². The number of carbonyl (C=O) groups is 3. The van der Waals surface area contributed by atoms with Gasteiger partial charge in [-0.15, -0.1) is 0 Å². The van der Waals surface area contributed by atoms with Crippen LogP contribution in [0.1, 0.15) is 61.5 Å². The summed E-state index contributed by atoms with van der Waals surface area (Å²) in [6.07, 6.45) is -0.326. The van der Waals surface area contributed by atoms with Crippen molar-refractivity contribution in [2.75, 3.05) is 25.2 Å². The zero-order valence-electron chi connectivity index (χ0n) is 24.8. The van der Waals surface area contributed by atoms with Crippen molar-refractivity contribution in [1.82, 2.24) is 5.32 Å². The van der Waals surface area contributed by atoms with E-state index < -0.39 is 17.0 Å². The van der Waals surface area contributed by atoms with E-state index in [9.17, 15) is 24.5 Å². The van der Waals surface area contributed by atoms with Gasteiger partial charge in [-0.1, -0.05) is 42.2 Å². The average molecular weight is 600 g/mol. The number of para-hydroxylation sites is 1. The second kappa shape index (κ2) is 14.7. The summed E-state index contributed by atoms with van der Waals surface area (Å²) in [6, 6.07) is 17.8. The number of ether oxygens (including phenoxy) is 3. The molecule has 2 amide bonds. The summed E-state index contributed by atoms with van der Waals surface area (Å²) >= 11 is 0. The molecule has 0 spiro atoms. The Kier molecular flexibility index (Phi) is 10.5. The lowest BCUT2D eigenvalue weighted by Crippen LogP contribution is -2.35. The lowest BCUT2D eigenvalue weighted by atomic mass is 10.0. The van der Waals surface area contributed by atoms with Crippen molar-refractivity contribution < 1.29 is 33.5 Å². The number of hydrogen-bond acceptors (Lipinski definition) is 8. The molecule has 4 rings (SSSR count). The van der Waals surface area contributed by atoms with E-state index >= 15 is 0 Å². The summed E-state index contributed by atoms with van der Waals surface area (Å²) in [5.74, 6) is 5.75. The maximum Gasteiger partial charge on any atom is 0.303 e. The van der Waals surface area contributed by atoms with Gasteiger partial charge in [-0.3, -0.25) is 24.5 Å². The third kappa shape index (κ3) is 7.92. The molecule has 11 heteroatoms. The topological polar surface area (TPSA) is 137 Å². The minimum atomic E-state index is -0.866. The molecule has 228 valence electrons. The number of hydrogen-bond donors (Lipinski definition) is 1. The Morgan fingerprint density at radius 2 is 1.73 bits per heavy atom. The van der Waals surface area contributed by atoms with Crippen LogP contribution in [0.2, 0.25) is 0 Å². The molecule has 1 unspecified atom stereocenters. The second-order valence-corrected chi connectivity index (χ2v) is 10.0. The van der Waals surface area contributed by atoms with Crippen molar-refractivity contribution in [3.63, 3.8) is 0 Å². The number of amides is 2. The van der Waals surface area contributed by atoms with E-state index in [1.807, 2.05) is 48.5 Å². The summed E-state index contributed by atoms with van der Waals surface area (Å²) in [7, 11) is 1.39. The summed E-state index contributed by atoms with van der Waals surface area (Å²) in [5.41, 5.74) is 3.19. The first-order valence-corrected chi connectivity index (χ1v) is 14.1. The van der Waals surface area contributed by atoms with Crippen LogP contribution >= 0.6 is 0 Å². The van der Waals surface area contributed by atoms with Crippen molar-refractivity contribution in [1.29, 1.82) is 0 Å². The SMILES string of the molecule is COc1cc(C(C)OC(C)=O)c([N+](=O)[O-])cc1OCCCC(=O)NCCC(=O)N1Cc2ccccc2C#Cc2ccccc21. The lowest BCUT2D eigenvalue weighted by Gasteiger charge is -2.26. The van der Waals surface area contributed by atoms with Crippen LogP contribution < -0.4 is 19.7 Å². The molecule has 0 radical (unpaired) electrons. The van der Waals surface area contributed by atoms with Gasteiger partial charge >= 0.3 is 5.97 Å². The van der Waals surface area contributed by atoms with Crippen LogP contribution in [0, 0.1) is 22.0 Å². The molecule has 1 aliphatic heterocycles. The van der Waals surface area contributed by atoms with Gasteiger partial charge in [0.25, 0.3) is 5.69 Å². The Hall–Kier alpha value is -5.37. The third-order valence-corrected chi connectivity index (χ3v) is 6.93. The molecule has 0 fully saturated rings.